The summed E-state index contributed by atoms with van der Waals surface area (Å²) < 4.78 is 0. The van der Waals surface area contributed by atoms with Crippen molar-refractivity contribution in [1.82, 2.24) is 0 Å². The van der Waals surface area contributed by atoms with E-state index in [-0.39, 0.29) is 24.3 Å². The van der Waals surface area contributed by atoms with E-state index in [0.29, 0.717) is 0 Å². The Morgan fingerprint density at radius 3 is 2.48 bits per heavy atom. The van der Waals surface area contributed by atoms with Gasteiger partial charge in [-0.05, 0) is 25.0 Å². The van der Waals surface area contributed by atoms with Gasteiger partial charge in [-0.1, -0.05) is 44.2 Å². The predicted molar refractivity (Wildman–Crippen MR) is 83.2 cm³/mol. The lowest BCUT2D eigenvalue weighted by Crippen LogP contribution is -2.45. The molecular formula is C17H22N2O2. The maximum absolute atomic E-state index is 12.9. The Hall–Kier alpha value is -1.84. The third-order valence-corrected chi connectivity index (χ3v) is 4.49. The molecule has 2 amide bonds. The van der Waals surface area contributed by atoms with Crippen molar-refractivity contribution in [3.05, 3.63) is 24.3 Å². The fraction of sp³-hybridized carbons (Fsp3) is 0.529. The summed E-state index contributed by atoms with van der Waals surface area (Å²) >= 11 is 0. The molecule has 0 bridgehead atoms. The summed E-state index contributed by atoms with van der Waals surface area (Å²) in [6, 6.07) is 7.55. The monoisotopic (exact) mass is 286 g/mol. The highest BCUT2D eigenvalue weighted by Gasteiger charge is 2.31. The van der Waals surface area contributed by atoms with E-state index in [1.165, 1.54) is 19.3 Å². The van der Waals surface area contributed by atoms with Crippen LogP contribution in [0, 0.1) is 5.92 Å². The van der Waals surface area contributed by atoms with Crippen LogP contribution < -0.4 is 10.2 Å². The molecule has 0 atom stereocenters. The zero-order valence-corrected chi connectivity index (χ0v) is 12.3. The molecule has 3 rings (SSSR count). The van der Waals surface area contributed by atoms with Crippen LogP contribution >= 0.6 is 0 Å². The predicted octanol–water partition coefficient (Wildman–Crippen LogP) is 3.33. The summed E-state index contributed by atoms with van der Waals surface area (Å²) in [6.07, 6.45) is 7.89. The van der Waals surface area contributed by atoms with Gasteiger partial charge in [-0.25, -0.2) is 0 Å². The van der Waals surface area contributed by atoms with E-state index in [1.807, 2.05) is 24.3 Å². The third kappa shape index (κ3) is 3.09. The zero-order chi connectivity index (χ0) is 14.7. The Bertz CT molecular complexity index is 533. The summed E-state index contributed by atoms with van der Waals surface area (Å²) in [5, 5.41) is 2.84. The second-order valence-corrected chi connectivity index (χ2v) is 6.03. The maximum Gasteiger partial charge on any atom is 0.244 e. The molecule has 1 aliphatic carbocycles. The lowest BCUT2D eigenvalue weighted by atomic mass is 9.90. The van der Waals surface area contributed by atoms with E-state index in [0.717, 1.165) is 37.1 Å². The Morgan fingerprint density at radius 1 is 1.05 bits per heavy atom. The van der Waals surface area contributed by atoms with Crippen molar-refractivity contribution in [1.29, 1.82) is 0 Å². The highest BCUT2D eigenvalue weighted by molar-refractivity contribution is 6.10. The number of nitrogens with one attached hydrogen (secondary N) is 1. The van der Waals surface area contributed by atoms with Crippen molar-refractivity contribution in [2.75, 3.05) is 16.8 Å². The molecule has 1 aliphatic heterocycles. The van der Waals surface area contributed by atoms with Gasteiger partial charge in [0.05, 0.1) is 11.4 Å². The number of anilines is 2. The summed E-state index contributed by atoms with van der Waals surface area (Å²) in [5.74, 6) is 0.0938. The number of fused-ring (bicyclic) bond motifs is 1. The molecule has 0 saturated heterocycles. The minimum Gasteiger partial charge on any atom is -0.323 e. The van der Waals surface area contributed by atoms with Gasteiger partial charge in [0.1, 0.15) is 6.54 Å². The number of nitrogens with zero attached hydrogens (tertiary/aromatic N) is 1. The number of hydrogen-bond acceptors (Lipinski definition) is 2. The van der Waals surface area contributed by atoms with E-state index < -0.39 is 0 Å². The molecule has 0 unspecified atom stereocenters. The molecule has 1 N–H and O–H groups in total. The van der Waals surface area contributed by atoms with Gasteiger partial charge in [0.25, 0.3) is 0 Å². The Morgan fingerprint density at radius 2 is 1.71 bits per heavy atom. The second kappa shape index (κ2) is 6.29. The van der Waals surface area contributed by atoms with Gasteiger partial charge >= 0.3 is 0 Å². The lowest BCUT2D eigenvalue weighted by molar-refractivity contribution is -0.125. The van der Waals surface area contributed by atoms with Crippen LogP contribution in [0.1, 0.15) is 44.9 Å². The van der Waals surface area contributed by atoms with Crippen LogP contribution in [-0.4, -0.2) is 18.4 Å². The second-order valence-electron chi connectivity index (χ2n) is 6.03. The summed E-state index contributed by atoms with van der Waals surface area (Å²) in [4.78, 5) is 26.4. The molecule has 1 aromatic carbocycles. The van der Waals surface area contributed by atoms with Crippen LogP contribution in [0.2, 0.25) is 0 Å². The lowest BCUT2D eigenvalue weighted by Gasteiger charge is -2.32. The fourth-order valence-electron chi connectivity index (χ4n) is 3.35. The van der Waals surface area contributed by atoms with Gasteiger partial charge in [0.2, 0.25) is 11.8 Å². The molecule has 21 heavy (non-hydrogen) atoms. The average Bonchev–Trinajstić information content (AvgIpc) is 2.45. The minimum absolute atomic E-state index is 0.0734. The van der Waals surface area contributed by atoms with Gasteiger partial charge in [-0.3, -0.25) is 9.59 Å². The normalized spacial score (nSPS) is 20.2. The standard InChI is InChI=1S/C17H22N2O2/c20-16-12-19(15-11-7-6-10-14(15)18-16)17(21)13-8-4-2-1-3-5-9-13/h6-7,10-11,13H,1-5,8-9,12H2,(H,18,20). The molecule has 1 heterocycles. The number of para-hydroxylation sites is 2. The van der Waals surface area contributed by atoms with Crippen molar-refractivity contribution in [3.8, 4) is 0 Å². The van der Waals surface area contributed by atoms with Gasteiger partial charge in [0, 0.05) is 5.92 Å². The van der Waals surface area contributed by atoms with Crippen molar-refractivity contribution in [3.63, 3.8) is 0 Å². The molecule has 0 aromatic heterocycles. The first-order valence-electron chi connectivity index (χ1n) is 7.96. The number of rotatable bonds is 1. The average molecular weight is 286 g/mol. The van der Waals surface area contributed by atoms with E-state index in [1.54, 1.807) is 4.90 Å². The highest BCUT2D eigenvalue weighted by Crippen LogP contribution is 2.32. The quantitative estimate of drug-likeness (QED) is 0.861. The van der Waals surface area contributed by atoms with E-state index in [9.17, 15) is 9.59 Å². The number of hydrogen-bond donors (Lipinski definition) is 1. The van der Waals surface area contributed by atoms with Gasteiger partial charge in [-0.2, -0.15) is 0 Å². The molecule has 4 heteroatoms. The smallest absolute Gasteiger partial charge is 0.244 e. The highest BCUT2D eigenvalue weighted by atomic mass is 16.2. The zero-order valence-electron chi connectivity index (χ0n) is 12.3. The first kappa shape index (κ1) is 14.1. The van der Waals surface area contributed by atoms with Crippen LogP contribution in [0.3, 0.4) is 0 Å². The van der Waals surface area contributed by atoms with Gasteiger partial charge in [0.15, 0.2) is 0 Å². The molecule has 0 radical (unpaired) electrons. The summed E-state index contributed by atoms with van der Waals surface area (Å²) in [7, 11) is 0. The SMILES string of the molecule is O=C1CN(C(=O)C2CCCCCCC2)c2ccccc2N1. The molecule has 4 nitrogen and oxygen atoms in total. The van der Waals surface area contributed by atoms with Gasteiger partial charge < -0.3 is 10.2 Å². The largest absolute Gasteiger partial charge is 0.323 e. The minimum atomic E-state index is -0.104. The van der Waals surface area contributed by atoms with E-state index >= 15 is 0 Å². The maximum atomic E-state index is 12.9. The number of carbonyl (C=O) groups is 2. The van der Waals surface area contributed by atoms with Crippen LogP contribution in [-0.2, 0) is 9.59 Å². The van der Waals surface area contributed by atoms with Crippen molar-refractivity contribution >= 4 is 23.2 Å². The Balaban J connectivity index is 1.81. The van der Waals surface area contributed by atoms with Crippen molar-refractivity contribution in [2.24, 2.45) is 5.92 Å². The number of amides is 2. The Labute approximate surface area is 125 Å². The topological polar surface area (TPSA) is 49.4 Å². The number of carbonyl (C=O) groups excluding carboxylic acids is 2. The first-order chi connectivity index (χ1) is 10.3. The van der Waals surface area contributed by atoms with E-state index in [2.05, 4.69) is 5.32 Å². The molecule has 1 saturated carbocycles. The molecular weight excluding hydrogens is 264 g/mol. The summed E-state index contributed by atoms with van der Waals surface area (Å²) in [5.41, 5.74) is 1.58. The number of benzene rings is 1. The fourth-order valence-corrected chi connectivity index (χ4v) is 3.35. The van der Waals surface area contributed by atoms with Crippen LogP contribution in [0.25, 0.3) is 0 Å². The van der Waals surface area contributed by atoms with Crippen LogP contribution in [0.5, 0.6) is 0 Å². The molecule has 1 aromatic rings. The van der Waals surface area contributed by atoms with E-state index in [4.69, 9.17) is 0 Å². The molecule has 1 fully saturated rings. The molecule has 112 valence electrons. The first-order valence-corrected chi connectivity index (χ1v) is 7.96. The summed E-state index contributed by atoms with van der Waals surface area (Å²) in [6.45, 7) is 0.145. The van der Waals surface area contributed by atoms with Crippen molar-refractivity contribution in [2.45, 2.75) is 44.9 Å². The third-order valence-electron chi connectivity index (χ3n) is 4.49. The van der Waals surface area contributed by atoms with Crippen LogP contribution in [0.15, 0.2) is 24.3 Å². The van der Waals surface area contributed by atoms with Gasteiger partial charge in [-0.15, -0.1) is 0 Å². The Kier molecular flexibility index (Phi) is 4.23. The molecule has 2 aliphatic rings. The van der Waals surface area contributed by atoms with Crippen LogP contribution in [0.4, 0.5) is 11.4 Å². The molecule has 0 spiro atoms. The van der Waals surface area contributed by atoms with Crippen molar-refractivity contribution < 1.29 is 9.59 Å².